The maximum atomic E-state index is 3.72. The van der Waals surface area contributed by atoms with E-state index in [1.807, 2.05) is 0 Å². The fraction of sp³-hybridized carbons (Fsp3) is 0.368. The molecular formula is C19H25N. The van der Waals surface area contributed by atoms with Crippen LogP contribution in [0.25, 0.3) is 0 Å². The molecule has 2 aromatic rings. The van der Waals surface area contributed by atoms with Crippen molar-refractivity contribution in [2.45, 2.75) is 46.2 Å². The molecule has 20 heavy (non-hydrogen) atoms. The maximum absolute atomic E-state index is 3.72. The molecule has 0 spiro atoms. The van der Waals surface area contributed by atoms with Gasteiger partial charge in [0.1, 0.15) is 0 Å². The van der Waals surface area contributed by atoms with Crippen LogP contribution in [0, 0.1) is 13.8 Å². The second kappa shape index (κ2) is 7.25. The van der Waals surface area contributed by atoms with E-state index >= 15 is 0 Å². The van der Waals surface area contributed by atoms with Gasteiger partial charge in [0.15, 0.2) is 0 Å². The number of nitrogens with one attached hydrogen (secondary N) is 1. The molecule has 0 amide bonds. The van der Waals surface area contributed by atoms with Gasteiger partial charge in [-0.05, 0) is 37.0 Å². The van der Waals surface area contributed by atoms with E-state index < -0.39 is 0 Å². The molecular weight excluding hydrogens is 242 g/mol. The Bertz CT molecular complexity index is 531. The Morgan fingerprint density at radius 1 is 1.00 bits per heavy atom. The third-order valence-electron chi connectivity index (χ3n) is 3.82. The van der Waals surface area contributed by atoms with Gasteiger partial charge >= 0.3 is 0 Å². The fourth-order valence-electron chi connectivity index (χ4n) is 2.58. The molecule has 0 aliphatic carbocycles. The zero-order chi connectivity index (χ0) is 14.4. The largest absolute Gasteiger partial charge is 0.306 e. The average molecular weight is 267 g/mol. The second-order valence-electron chi connectivity index (χ2n) is 5.56. The van der Waals surface area contributed by atoms with Crippen LogP contribution >= 0.6 is 0 Å². The third kappa shape index (κ3) is 3.94. The maximum Gasteiger partial charge on any atom is 0.0323 e. The molecule has 2 rings (SSSR count). The van der Waals surface area contributed by atoms with Crippen molar-refractivity contribution in [2.75, 3.05) is 0 Å². The van der Waals surface area contributed by atoms with Gasteiger partial charge in [-0.15, -0.1) is 0 Å². The van der Waals surface area contributed by atoms with Crippen molar-refractivity contribution in [3.8, 4) is 0 Å². The normalized spacial score (nSPS) is 12.3. The summed E-state index contributed by atoms with van der Waals surface area (Å²) in [7, 11) is 0. The highest BCUT2D eigenvalue weighted by atomic mass is 14.9. The monoisotopic (exact) mass is 267 g/mol. The quantitative estimate of drug-likeness (QED) is 0.782. The molecule has 0 radical (unpaired) electrons. The van der Waals surface area contributed by atoms with Crippen LogP contribution in [-0.2, 0) is 6.54 Å². The van der Waals surface area contributed by atoms with Crippen molar-refractivity contribution >= 4 is 0 Å². The van der Waals surface area contributed by atoms with Gasteiger partial charge in [0.2, 0.25) is 0 Å². The minimum atomic E-state index is 0.445. The SMILES string of the molecule is CCCC(NCc1cc(C)ccc1C)c1ccccc1. The minimum Gasteiger partial charge on any atom is -0.306 e. The number of aryl methyl sites for hydroxylation is 2. The summed E-state index contributed by atoms with van der Waals surface area (Å²) in [6.07, 6.45) is 2.37. The first kappa shape index (κ1) is 14.8. The van der Waals surface area contributed by atoms with E-state index in [-0.39, 0.29) is 0 Å². The standard InChI is InChI=1S/C19H25N/c1-4-8-19(17-9-6-5-7-10-17)20-14-18-13-15(2)11-12-16(18)3/h5-7,9-13,19-20H,4,8,14H2,1-3H3. The smallest absolute Gasteiger partial charge is 0.0323 e. The highest BCUT2D eigenvalue weighted by Gasteiger charge is 2.10. The first-order chi connectivity index (χ1) is 9.70. The van der Waals surface area contributed by atoms with Crippen LogP contribution in [0.5, 0.6) is 0 Å². The third-order valence-corrected chi connectivity index (χ3v) is 3.82. The molecule has 1 atom stereocenters. The van der Waals surface area contributed by atoms with E-state index in [1.54, 1.807) is 0 Å². The lowest BCUT2D eigenvalue weighted by atomic mass is 10.0. The van der Waals surface area contributed by atoms with Gasteiger partial charge in [0.25, 0.3) is 0 Å². The second-order valence-corrected chi connectivity index (χ2v) is 5.56. The van der Waals surface area contributed by atoms with E-state index in [9.17, 15) is 0 Å². The fourth-order valence-corrected chi connectivity index (χ4v) is 2.58. The molecule has 0 aromatic heterocycles. The lowest BCUT2D eigenvalue weighted by Crippen LogP contribution is -2.21. The van der Waals surface area contributed by atoms with E-state index in [0.717, 1.165) is 6.54 Å². The van der Waals surface area contributed by atoms with Gasteiger partial charge < -0.3 is 5.32 Å². The van der Waals surface area contributed by atoms with Crippen LogP contribution in [0.4, 0.5) is 0 Å². The lowest BCUT2D eigenvalue weighted by molar-refractivity contribution is 0.493. The highest BCUT2D eigenvalue weighted by Crippen LogP contribution is 2.19. The predicted molar refractivity (Wildman–Crippen MR) is 86.8 cm³/mol. The highest BCUT2D eigenvalue weighted by molar-refractivity contribution is 5.30. The number of rotatable bonds is 6. The molecule has 1 N–H and O–H groups in total. The summed E-state index contributed by atoms with van der Waals surface area (Å²) in [5.74, 6) is 0. The molecule has 0 bridgehead atoms. The van der Waals surface area contributed by atoms with Crippen molar-refractivity contribution < 1.29 is 0 Å². The van der Waals surface area contributed by atoms with Crippen LogP contribution in [0.2, 0.25) is 0 Å². The number of benzene rings is 2. The van der Waals surface area contributed by atoms with E-state index in [4.69, 9.17) is 0 Å². The molecule has 0 saturated carbocycles. The summed E-state index contributed by atoms with van der Waals surface area (Å²) in [5, 5.41) is 3.72. The van der Waals surface area contributed by atoms with Crippen molar-refractivity contribution in [1.29, 1.82) is 0 Å². The first-order valence-corrected chi connectivity index (χ1v) is 7.55. The minimum absolute atomic E-state index is 0.445. The van der Waals surface area contributed by atoms with Gasteiger partial charge in [-0.1, -0.05) is 67.4 Å². The summed E-state index contributed by atoms with van der Waals surface area (Å²) in [6, 6.07) is 17.9. The molecule has 0 aliphatic rings. The molecule has 0 heterocycles. The number of hydrogen-bond donors (Lipinski definition) is 1. The Hall–Kier alpha value is -1.60. The van der Waals surface area contributed by atoms with Gasteiger partial charge in [-0.25, -0.2) is 0 Å². The van der Waals surface area contributed by atoms with E-state index in [0.29, 0.717) is 6.04 Å². The Balaban J connectivity index is 2.07. The Labute approximate surface area is 123 Å². The summed E-state index contributed by atoms with van der Waals surface area (Å²) in [6.45, 7) is 7.53. The Morgan fingerprint density at radius 2 is 1.75 bits per heavy atom. The van der Waals surface area contributed by atoms with E-state index in [1.165, 1.54) is 35.1 Å². The average Bonchev–Trinajstić information content (AvgIpc) is 2.47. The van der Waals surface area contributed by atoms with Crippen LogP contribution in [0.1, 0.15) is 48.1 Å². The number of hydrogen-bond acceptors (Lipinski definition) is 1. The zero-order valence-corrected chi connectivity index (χ0v) is 12.8. The van der Waals surface area contributed by atoms with E-state index in [2.05, 4.69) is 74.6 Å². The Morgan fingerprint density at radius 3 is 2.45 bits per heavy atom. The summed E-state index contributed by atoms with van der Waals surface area (Å²) in [5.41, 5.74) is 5.49. The zero-order valence-electron chi connectivity index (χ0n) is 12.8. The molecule has 0 saturated heterocycles. The molecule has 0 fully saturated rings. The van der Waals surface area contributed by atoms with Crippen molar-refractivity contribution in [3.63, 3.8) is 0 Å². The first-order valence-electron chi connectivity index (χ1n) is 7.55. The van der Waals surface area contributed by atoms with Crippen molar-refractivity contribution in [2.24, 2.45) is 0 Å². The molecule has 0 aliphatic heterocycles. The molecule has 106 valence electrons. The summed E-state index contributed by atoms with van der Waals surface area (Å²) >= 11 is 0. The van der Waals surface area contributed by atoms with Crippen molar-refractivity contribution in [1.82, 2.24) is 5.32 Å². The van der Waals surface area contributed by atoms with Crippen LogP contribution in [0.3, 0.4) is 0 Å². The van der Waals surface area contributed by atoms with Gasteiger partial charge in [-0.2, -0.15) is 0 Å². The van der Waals surface area contributed by atoms with Gasteiger partial charge in [0.05, 0.1) is 0 Å². The summed E-state index contributed by atoms with van der Waals surface area (Å²) in [4.78, 5) is 0. The summed E-state index contributed by atoms with van der Waals surface area (Å²) < 4.78 is 0. The molecule has 1 nitrogen and oxygen atoms in total. The van der Waals surface area contributed by atoms with Gasteiger partial charge in [0, 0.05) is 12.6 Å². The Kier molecular flexibility index (Phi) is 5.37. The lowest BCUT2D eigenvalue weighted by Gasteiger charge is -2.19. The molecule has 2 aromatic carbocycles. The predicted octanol–water partition coefficient (Wildman–Crippen LogP) is 4.93. The van der Waals surface area contributed by atoms with Crippen LogP contribution in [-0.4, -0.2) is 0 Å². The van der Waals surface area contributed by atoms with Crippen LogP contribution in [0.15, 0.2) is 48.5 Å². The van der Waals surface area contributed by atoms with Crippen LogP contribution < -0.4 is 5.32 Å². The van der Waals surface area contributed by atoms with Crippen molar-refractivity contribution in [3.05, 3.63) is 70.8 Å². The molecule has 1 heteroatoms. The topological polar surface area (TPSA) is 12.0 Å². The van der Waals surface area contributed by atoms with Gasteiger partial charge in [-0.3, -0.25) is 0 Å². The molecule has 1 unspecified atom stereocenters.